The summed E-state index contributed by atoms with van der Waals surface area (Å²) in [5.41, 5.74) is 0. The van der Waals surface area contributed by atoms with Gasteiger partial charge in [-0.05, 0) is 25.2 Å². The highest BCUT2D eigenvalue weighted by molar-refractivity contribution is 9.09. The second-order valence-corrected chi connectivity index (χ2v) is 6.64. The number of nitrogens with zero attached hydrogens (tertiary/aromatic N) is 1. The molecule has 1 atom stereocenters. The Labute approximate surface area is 127 Å². The van der Waals surface area contributed by atoms with Crippen molar-refractivity contribution in [1.82, 2.24) is 4.90 Å². The molecule has 0 aromatic heterocycles. The van der Waals surface area contributed by atoms with Crippen LogP contribution in [0.4, 0.5) is 0 Å². The number of hydrogen-bond acceptors (Lipinski definition) is 1. The summed E-state index contributed by atoms with van der Waals surface area (Å²) in [5, 5.41) is 1.07. The van der Waals surface area contributed by atoms with E-state index in [9.17, 15) is 4.79 Å². The summed E-state index contributed by atoms with van der Waals surface area (Å²) in [6, 6.07) is 0. The second kappa shape index (κ2) is 10.7. The lowest BCUT2D eigenvalue weighted by Crippen LogP contribution is -2.28. The van der Waals surface area contributed by atoms with E-state index in [1.165, 1.54) is 51.4 Å². The Morgan fingerprint density at radius 2 is 1.84 bits per heavy atom. The maximum atomic E-state index is 12.0. The van der Waals surface area contributed by atoms with Crippen LogP contribution in [-0.4, -0.2) is 29.2 Å². The molecule has 0 radical (unpaired) electrons. The van der Waals surface area contributed by atoms with Gasteiger partial charge in [-0.2, -0.15) is 0 Å². The maximum absolute atomic E-state index is 12.0. The molecule has 0 aromatic carbocycles. The molecule has 1 saturated heterocycles. The second-order valence-electron chi connectivity index (χ2n) is 5.84. The Balaban J connectivity index is 1.99. The summed E-state index contributed by atoms with van der Waals surface area (Å²) in [5.74, 6) is 1.13. The minimum absolute atomic E-state index is 0.394. The standard InChI is InChI=1S/C16H30BrNO/c1-2-3-4-5-6-7-8-9-16(19)18-13-11-15(14-18)10-12-17/h15H,2-14H2,1H3. The number of rotatable bonds is 10. The van der Waals surface area contributed by atoms with Crippen molar-refractivity contribution in [1.29, 1.82) is 0 Å². The molecule has 1 unspecified atom stereocenters. The molecule has 1 aliphatic heterocycles. The number of amides is 1. The molecule has 1 aliphatic rings. The zero-order chi connectivity index (χ0) is 13.9. The number of hydrogen-bond donors (Lipinski definition) is 0. The first-order valence-corrected chi connectivity index (χ1v) is 9.23. The van der Waals surface area contributed by atoms with Crippen LogP contribution >= 0.6 is 15.9 Å². The molecular formula is C16H30BrNO. The van der Waals surface area contributed by atoms with Gasteiger partial charge in [-0.1, -0.05) is 61.4 Å². The topological polar surface area (TPSA) is 20.3 Å². The quantitative estimate of drug-likeness (QED) is 0.417. The van der Waals surface area contributed by atoms with Gasteiger partial charge in [-0.15, -0.1) is 0 Å². The highest BCUT2D eigenvalue weighted by Gasteiger charge is 2.24. The minimum atomic E-state index is 0.394. The molecule has 3 heteroatoms. The van der Waals surface area contributed by atoms with E-state index in [4.69, 9.17) is 0 Å². The molecule has 0 aliphatic carbocycles. The van der Waals surface area contributed by atoms with Crippen LogP contribution in [0.3, 0.4) is 0 Å². The highest BCUT2D eigenvalue weighted by Crippen LogP contribution is 2.21. The van der Waals surface area contributed by atoms with Crippen molar-refractivity contribution < 1.29 is 4.79 Å². The number of unbranched alkanes of at least 4 members (excludes halogenated alkanes) is 6. The molecular weight excluding hydrogens is 302 g/mol. The van der Waals surface area contributed by atoms with Gasteiger partial charge in [0.1, 0.15) is 0 Å². The molecule has 1 fully saturated rings. The number of alkyl halides is 1. The van der Waals surface area contributed by atoms with Crippen molar-refractivity contribution in [2.24, 2.45) is 5.92 Å². The summed E-state index contributed by atoms with van der Waals surface area (Å²) in [4.78, 5) is 14.1. The maximum Gasteiger partial charge on any atom is 0.222 e. The van der Waals surface area contributed by atoms with Crippen LogP contribution in [0, 0.1) is 5.92 Å². The average Bonchev–Trinajstić information content (AvgIpc) is 2.87. The van der Waals surface area contributed by atoms with Gasteiger partial charge in [0.05, 0.1) is 0 Å². The Morgan fingerprint density at radius 1 is 1.16 bits per heavy atom. The Bertz CT molecular complexity index is 245. The number of carbonyl (C=O) groups is 1. The van der Waals surface area contributed by atoms with Crippen molar-refractivity contribution in [2.45, 2.75) is 71.1 Å². The molecule has 0 aromatic rings. The van der Waals surface area contributed by atoms with E-state index in [0.717, 1.165) is 37.2 Å². The highest BCUT2D eigenvalue weighted by atomic mass is 79.9. The van der Waals surface area contributed by atoms with Gasteiger partial charge in [0, 0.05) is 24.8 Å². The molecule has 2 nitrogen and oxygen atoms in total. The van der Waals surface area contributed by atoms with E-state index in [1.807, 2.05) is 0 Å². The van der Waals surface area contributed by atoms with Gasteiger partial charge < -0.3 is 4.90 Å². The van der Waals surface area contributed by atoms with Gasteiger partial charge in [-0.3, -0.25) is 4.79 Å². The summed E-state index contributed by atoms with van der Waals surface area (Å²) in [7, 11) is 0. The number of halogens is 1. The molecule has 1 amide bonds. The van der Waals surface area contributed by atoms with Gasteiger partial charge in [0.15, 0.2) is 0 Å². The molecule has 0 N–H and O–H groups in total. The third-order valence-corrected chi connectivity index (χ3v) is 4.61. The monoisotopic (exact) mass is 331 g/mol. The predicted molar refractivity (Wildman–Crippen MR) is 85.7 cm³/mol. The number of likely N-dealkylation sites (tertiary alicyclic amines) is 1. The fraction of sp³-hybridized carbons (Fsp3) is 0.938. The van der Waals surface area contributed by atoms with Crippen LogP contribution in [0.15, 0.2) is 0 Å². The first kappa shape index (κ1) is 17.0. The van der Waals surface area contributed by atoms with Gasteiger partial charge >= 0.3 is 0 Å². The van der Waals surface area contributed by atoms with Crippen LogP contribution in [0.1, 0.15) is 71.1 Å². The van der Waals surface area contributed by atoms with Crippen molar-refractivity contribution >= 4 is 21.8 Å². The van der Waals surface area contributed by atoms with Crippen LogP contribution in [0.5, 0.6) is 0 Å². The third-order valence-electron chi connectivity index (χ3n) is 4.15. The summed E-state index contributed by atoms with van der Waals surface area (Å²) in [6.45, 7) is 4.24. The zero-order valence-corrected chi connectivity index (χ0v) is 14.1. The van der Waals surface area contributed by atoms with Crippen LogP contribution in [0.2, 0.25) is 0 Å². The van der Waals surface area contributed by atoms with Gasteiger partial charge in [0.25, 0.3) is 0 Å². The Hall–Kier alpha value is -0.0500. The average molecular weight is 332 g/mol. The molecule has 0 spiro atoms. The third kappa shape index (κ3) is 7.34. The lowest BCUT2D eigenvalue weighted by atomic mass is 10.1. The van der Waals surface area contributed by atoms with Crippen LogP contribution in [-0.2, 0) is 4.79 Å². The van der Waals surface area contributed by atoms with Crippen molar-refractivity contribution in [3.05, 3.63) is 0 Å². The van der Waals surface area contributed by atoms with Crippen molar-refractivity contribution in [2.75, 3.05) is 18.4 Å². The zero-order valence-electron chi connectivity index (χ0n) is 12.5. The minimum Gasteiger partial charge on any atom is -0.342 e. The Kier molecular flexibility index (Phi) is 9.58. The fourth-order valence-electron chi connectivity index (χ4n) is 2.84. The van der Waals surface area contributed by atoms with E-state index in [0.29, 0.717) is 5.91 Å². The van der Waals surface area contributed by atoms with E-state index in [1.54, 1.807) is 0 Å². The molecule has 0 bridgehead atoms. The molecule has 112 valence electrons. The lowest BCUT2D eigenvalue weighted by Gasteiger charge is -2.16. The van der Waals surface area contributed by atoms with Crippen molar-refractivity contribution in [3.8, 4) is 0 Å². The Morgan fingerprint density at radius 3 is 2.53 bits per heavy atom. The first-order chi connectivity index (χ1) is 9.27. The van der Waals surface area contributed by atoms with Gasteiger partial charge in [0.2, 0.25) is 5.91 Å². The summed E-state index contributed by atoms with van der Waals surface area (Å²) < 4.78 is 0. The smallest absolute Gasteiger partial charge is 0.222 e. The van der Waals surface area contributed by atoms with Crippen molar-refractivity contribution in [3.63, 3.8) is 0 Å². The lowest BCUT2D eigenvalue weighted by molar-refractivity contribution is -0.130. The van der Waals surface area contributed by atoms with Gasteiger partial charge in [-0.25, -0.2) is 0 Å². The van der Waals surface area contributed by atoms with E-state index >= 15 is 0 Å². The van der Waals surface area contributed by atoms with E-state index < -0.39 is 0 Å². The van der Waals surface area contributed by atoms with Crippen LogP contribution in [0.25, 0.3) is 0 Å². The molecule has 1 rings (SSSR count). The van der Waals surface area contributed by atoms with E-state index in [-0.39, 0.29) is 0 Å². The summed E-state index contributed by atoms with van der Waals surface area (Å²) >= 11 is 3.49. The normalized spacial score (nSPS) is 19.1. The SMILES string of the molecule is CCCCCCCCCC(=O)N1CCC(CCBr)C1. The summed E-state index contributed by atoms with van der Waals surface area (Å²) in [6.07, 6.45) is 12.2. The molecule has 0 saturated carbocycles. The predicted octanol–water partition coefficient (Wildman–Crippen LogP) is 4.76. The first-order valence-electron chi connectivity index (χ1n) is 8.11. The van der Waals surface area contributed by atoms with E-state index in [2.05, 4.69) is 27.8 Å². The fourth-order valence-corrected chi connectivity index (χ4v) is 3.49. The number of carbonyl (C=O) groups excluding carboxylic acids is 1. The molecule has 1 heterocycles. The molecule has 19 heavy (non-hydrogen) atoms. The largest absolute Gasteiger partial charge is 0.342 e. The van der Waals surface area contributed by atoms with Crippen LogP contribution < -0.4 is 0 Å².